The number of aryl methyl sites for hydroxylation is 1. The SMILES string of the molecule is Cc1ccc(S(=O)(=O)NCc2ccc(F)c(Cl)c2)cc1N. The van der Waals surface area contributed by atoms with Crippen molar-refractivity contribution in [2.45, 2.75) is 18.4 Å². The van der Waals surface area contributed by atoms with Crippen molar-refractivity contribution >= 4 is 27.3 Å². The number of hydrogen-bond acceptors (Lipinski definition) is 3. The molecule has 0 bridgehead atoms. The van der Waals surface area contributed by atoms with E-state index in [1.807, 2.05) is 0 Å². The molecule has 0 aliphatic rings. The Hall–Kier alpha value is -1.63. The Labute approximate surface area is 127 Å². The number of nitrogens with two attached hydrogens (primary N) is 1. The molecule has 0 heterocycles. The molecule has 0 amide bonds. The minimum Gasteiger partial charge on any atom is -0.398 e. The van der Waals surface area contributed by atoms with E-state index >= 15 is 0 Å². The van der Waals surface area contributed by atoms with Crippen molar-refractivity contribution < 1.29 is 12.8 Å². The molecule has 2 aromatic carbocycles. The summed E-state index contributed by atoms with van der Waals surface area (Å²) in [4.78, 5) is 0.0822. The number of anilines is 1. The normalized spacial score (nSPS) is 11.6. The predicted molar refractivity (Wildman–Crippen MR) is 81.0 cm³/mol. The molecule has 4 nitrogen and oxygen atoms in total. The molecule has 2 aromatic rings. The molecule has 3 N–H and O–H groups in total. The first kappa shape index (κ1) is 15.8. The number of halogens is 2. The van der Waals surface area contributed by atoms with Crippen LogP contribution in [0.5, 0.6) is 0 Å². The molecule has 0 saturated heterocycles. The first-order chi connectivity index (χ1) is 9.79. The highest BCUT2D eigenvalue weighted by atomic mass is 35.5. The Balaban J connectivity index is 2.17. The summed E-state index contributed by atoms with van der Waals surface area (Å²) in [5.74, 6) is -0.547. The fraction of sp³-hybridized carbons (Fsp3) is 0.143. The lowest BCUT2D eigenvalue weighted by molar-refractivity contribution is 0.581. The molecule has 0 aromatic heterocycles. The van der Waals surface area contributed by atoms with Crippen molar-refractivity contribution in [2.75, 3.05) is 5.73 Å². The second-order valence-electron chi connectivity index (χ2n) is 4.59. The van der Waals surface area contributed by atoms with Gasteiger partial charge in [-0.25, -0.2) is 17.5 Å². The Morgan fingerprint density at radius 2 is 1.95 bits per heavy atom. The van der Waals surface area contributed by atoms with Crippen LogP contribution in [-0.4, -0.2) is 8.42 Å². The van der Waals surface area contributed by atoms with Crippen LogP contribution in [0.3, 0.4) is 0 Å². The van der Waals surface area contributed by atoms with Crippen LogP contribution < -0.4 is 10.5 Å². The molecule has 7 heteroatoms. The maximum Gasteiger partial charge on any atom is 0.240 e. The third kappa shape index (κ3) is 3.72. The van der Waals surface area contributed by atoms with Gasteiger partial charge in [-0.3, -0.25) is 0 Å². The molecule has 0 spiro atoms. The van der Waals surface area contributed by atoms with Gasteiger partial charge in [-0.2, -0.15) is 0 Å². The number of benzene rings is 2. The molecule has 0 atom stereocenters. The first-order valence-electron chi connectivity index (χ1n) is 6.09. The Bertz CT molecular complexity index is 779. The standard InChI is InChI=1S/C14H14ClFN2O2S/c1-9-2-4-11(7-14(9)17)21(19,20)18-8-10-3-5-13(16)12(15)6-10/h2-7,18H,8,17H2,1H3. The van der Waals surface area contributed by atoms with Crippen LogP contribution in [0, 0.1) is 12.7 Å². The molecular formula is C14H14ClFN2O2S. The van der Waals surface area contributed by atoms with Crippen LogP contribution in [0.2, 0.25) is 5.02 Å². The highest BCUT2D eigenvalue weighted by Crippen LogP contribution is 2.19. The summed E-state index contributed by atoms with van der Waals surface area (Å²) in [6, 6.07) is 8.55. The number of nitrogen functional groups attached to an aromatic ring is 1. The van der Waals surface area contributed by atoms with Gasteiger partial charge in [0.25, 0.3) is 0 Å². The van der Waals surface area contributed by atoms with Crippen LogP contribution in [0.25, 0.3) is 0 Å². The zero-order chi connectivity index (χ0) is 15.6. The summed E-state index contributed by atoms with van der Waals surface area (Å²) in [5, 5.41) is -0.0497. The Morgan fingerprint density at radius 3 is 2.57 bits per heavy atom. The summed E-state index contributed by atoms with van der Waals surface area (Å²) in [6.07, 6.45) is 0. The van der Waals surface area contributed by atoms with Gasteiger partial charge in [0, 0.05) is 12.2 Å². The van der Waals surface area contributed by atoms with Crippen LogP contribution >= 0.6 is 11.6 Å². The number of nitrogens with one attached hydrogen (secondary N) is 1. The third-order valence-corrected chi connectivity index (χ3v) is 4.70. The largest absolute Gasteiger partial charge is 0.398 e. The quantitative estimate of drug-likeness (QED) is 0.848. The average Bonchev–Trinajstić information content (AvgIpc) is 2.43. The predicted octanol–water partition coefficient (Wildman–Crippen LogP) is 2.85. The highest BCUT2D eigenvalue weighted by Gasteiger charge is 2.14. The van der Waals surface area contributed by atoms with Gasteiger partial charge in [-0.15, -0.1) is 0 Å². The fourth-order valence-electron chi connectivity index (χ4n) is 1.70. The van der Waals surface area contributed by atoms with Gasteiger partial charge in [-0.05, 0) is 42.3 Å². The molecule has 0 unspecified atom stereocenters. The molecule has 0 saturated carbocycles. The molecular weight excluding hydrogens is 315 g/mol. The summed E-state index contributed by atoms with van der Waals surface area (Å²) in [6.45, 7) is 1.80. The molecule has 0 aliphatic heterocycles. The van der Waals surface area contributed by atoms with Gasteiger partial charge < -0.3 is 5.73 Å². The second kappa shape index (κ2) is 6.01. The van der Waals surface area contributed by atoms with Gasteiger partial charge in [0.2, 0.25) is 10.0 Å². The van der Waals surface area contributed by atoms with Gasteiger partial charge >= 0.3 is 0 Å². The number of rotatable bonds is 4. The topological polar surface area (TPSA) is 72.2 Å². The number of hydrogen-bond donors (Lipinski definition) is 2. The van der Waals surface area contributed by atoms with Gasteiger partial charge in [0.1, 0.15) is 5.82 Å². The number of sulfonamides is 1. The lowest BCUT2D eigenvalue weighted by Gasteiger charge is -2.09. The van der Waals surface area contributed by atoms with Gasteiger partial charge in [0.05, 0.1) is 9.92 Å². The van der Waals surface area contributed by atoms with E-state index in [1.54, 1.807) is 13.0 Å². The minimum atomic E-state index is -3.69. The zero-order valence-electron chi connectivity index (χ0n) is 11.2. The smallest absolute Gasteiger partial charge is 0.240 e. The molecule has 0 radical (unpaired) electrons. The van der Waals surface area contributed by atoms with E-state index < -0.39 is 15.8 Å². The van der Waals surface area contributed by atoms with Crippen LogP contribution in [-0.2, 0) is 16.6 Å². The van der Waals surface area contributed by atoms with Crippen LogP contribution in [0.15, 0.2) is 41.3 Å². The first-order valence-corrected chi connectivity index (χ1v) is 7.95. The maximum atomic E-state index is 13.0. The molecule has 21 heavy (non-hydrogen) atoms. The lowest BCUT2D eigenvalue weighted by atomic mass is 10.2. The van der Waals surface area contributed by atoms with E-state index in [9.17, 15) is 12.8 Å². The molecule has 2 rings (SSSR count). The minimum absolute atomic E-state index is 0.0100. The van der Waals surface area contributed by atoms with E-state index in [-0.39, 0.29) is 16.5 Å². The summed E-state index contributed by atoms with van der Waals surface area (Å²) >= 11 is 5.65. The summed E-state index contributed by atoms with van der Waals surface area (Å²) < 4.78 is 39.8. The molecule has 0 aliphatic carbocycles. The summed E-state index contributed by atoms with van der Waals surface area (Å²) in [7, 11) is -3.69. The van der Waals surface area contributed by atoms with Crippen molar-refractivity contribution in [3.63, 3.8) is 0 Å². The van der Waals surface area contributed by atoms with Crippen molar-refractivity contribution in [3.8, 4) is 0 Å². The van der Waals surface area contributed by atoms with Crippen molar-refractivity contribution in [1.29, 1.82) is 0 Å². The van der Waals surface area contributed by atoms with E-state index in [4.69, 9.17) is 17.3 Å². The maximum absolute atomic E-state index is 13.0. The second-order valence-corrected chi connectivity index (χ2v) is 6.77. The molecule has 0 fully saturated rings. The average molecular weight is 329 g/mol. The lowest BCUT2D eigenvalue weighted by Crippen LogP contribution is -2.23. The van der Waals surface area contributed by atoms with E-state index in [0.29, 0.717) is 11.3 Å². The third-order valence-electron chi connectivity index (χ3n) is 3.01. The van der Waals surface area contributed by atoms with Crippen molar-refractivity contribution in [2.24, 2.45) is 0 Å². The monoisotopic (exact) mass is 328 g/mol. The highest BCUT2D eigenvalue weighted by molar-refractivity contribution is 7.89. The van der Waals surface area contributed by atoms with Crippen molar-refractivity contribution in [1.82, 2.24) is 4.72 Å². The van der Waals surface area contributed by atoms with Crippen LogP contribution in [0.4, 0.5) is 10.1 Å². The van der Waals surface area contributed by atoms with Crippen molar-refractivity contribution in [3.05, 3.63) is 58.4 Å². The fourth-order valence-corrected chi connectivity index (χ4v) is 2.95. The Morgan fingerprint density at radius 1 is 1.24 bits per heavy atom. The summed E-state index contributed by atoms with van der Waals surface area (Å²) in [5.41, 5.74) is 7.48. The van der Waals surface area contributed by atoms with Gasteiger partial charge in [0.15, 0.2) is 0 Å². The Kier molecular flexibility index (Phi) is 4.51. The van der Waals surface area contributed by atoms with E-state index in [0.717, 1.165) is 5.56 Å². The van der Waals surface area contributed by atoms with E-state index in [1.165, 1.54) is 30.3 Å². The molecule has 112 valence electrons. The van der Waals surface area contributed by atoms with Crippen LogP contribution in [0.1, 0.15) is 11.1 Å². The van der Waals surface area contributed by atoms with E-state index in [2.05, 4.69) is 4.72 Å². The zero-order valence-corrected chi connectivity index (χ0v) is 12.8. The van der Waals surface area contributed by atoms with Gasteiger partial charge in [-0.1, -0.05) is 23.7 Å².